The van der Waals surface area contributed by atoms with Gasteiger partial charge in [-0.05, 0) is 37.1 Å². The Morgan fingerprint density at radius 2 is 1.64 bits per heavy atom. The summed E-state index contributed by atoms with van der Waals surface area (Å²) in [5, 5.41) is 0. The summed E-state index contributed by atoms with van der Waals surface area (Å²) in [6.07, 6.45) is 0. The third kappa shape index (κ3) is 6.76. The summed E-state index contributed by atoms with van der Waals surface area (Å²) < 4.78 is 24.8. The van der Waals surface area contributed by atoms with Crippen LogP contribution in [0.5, 0.6) is 0 Å². The second kappa shape index (κ2) is 10.3. The Balaban J connectivity index is 2.31. The van der Waals surface area contributed by atoms with Crippen molar-refractivity contribution in [3.05, 3.63) is 76.0 Å². The number of benzene rings is 2. The number of rotatable bonds is 9. The molecule has 0 saturated heterocycles. The molecule has 0 aliphatic rings. The van der Waals surface area contributed by atoms with Crippen molar-refractivity contribution >= 4 is 40.2 Å². The Labute approximate surface area is 162 Å². The molecule has 0 bridgehead atoms. The topological polar surface area (TPSA) is 35.5 Å². The lowest BCUT2D eigenvalue weighted by Crippen LogP contribution is -1.94. The zero-order chi connectivity index (χ0) is 18.1. The monoisotopic (exact) mass is 440 g/mol. The van der Waals surface area contributed by atoms with Crippen LogP contribution < -0.4 is 0 Å². The molecule has 0 spiro atoms. The summed E-state index contributed by atoms with van der Waals surface area (Å²) >= 11 is 5.08. The van der Waals surface area contributed by atoms with Crippen LogP contribution in [-0.4, -0.2) is 13.2 Å². The van der Waals surface area contributed by atoms with Crippen LogP contribution in [-0.2, 0) is 19.4 Å². The van der Waals surface area contributed by atoms with Gasteiger partial charge in [-0.25, -0.2) is 0 Å². The van der Waals surface area contributed by atoms with Crippen LogP contribution in [0.3, 0.4) is 0 Å². The second-order valence-corrected chi connectivity index (χ2v) is 8.94. The fourth-order valence-corrected chi connectivity index (χ4v) is 5.31. The van der Waals surface area contributed by atoms with Crippen LogP contribution in [0.4, 0.5) is 0 Å². The van der Waals surface area contributed by atoms with Crippen LogP contribution in [0.1, 0.15) is 25.0 Å². The number of thioether (sulfide) groups is 1. The van der Waals surface area contributed by atoms with Crippen LogP contribution in [0.25, 0.3) is 4.91 Å². The fourth-order valence-electron chi connectivity index (χ4n) is 2.16. The summed E-state index contributed by atoms with van der Waals surface area (Å²) in [6, 6.07) is 18.1. The molecule has 0 amide bonds. The standard InChI is InChI=1S/C19H22BrO3PS/c1-3-22-24(21,23-4-2)14-19(17-10-12-18(20)13-11-17)25-15-16-8-6-5-7-9-16/h5-14H,3-4,15H2,1-2H3/b19-14+. The maximum Gasteiger partial charge on any atom is 0.355 e. The summed E-state index contributed by atoms with van der Waals surface area (Å²) in [5.41, 5.74) is 2.20. The van der Waals surface area contributed by atoms with Gasteiger partial charge in [-0.15, -0.1) is 11.8 Å². The van der Waals surface area contributed by atoms with Gasteiger partial charge in [0.2, 0.25) is 0 Å². The minimum atomic E-state index is -3.27. The van der Waals surface area contributed by atoms with Crippen LogP contribution in [0.15, 0.2) is 64.9 Å². The zero-order valence-corrected chi connectivity index (χ0v) is 17.6. The van der Waals surface area contributed by atoms with E-state index in [0.29, 0.717) is 13.2 Å². The molecule has 0 atom stereocenters. The van der Waals surface area contributed by atoms with E-state index in [4.69, 9.17) is 9.05 Å². The first-order valence-electron chi connectivity index (χ1n) is 8.10. The first-order chi connectivity index (χ1) is 12.1. The first kappa shape index (κ1) is 20.5. The summed E-state index contributed by atoms with van der Waals surface area (Å²) in [6.45, 7) is 4.31. The molecule has 3 nitrogen and oxygen atoms in total. The molecule has 2 rings (SSSR count). The Morgan fingerprint density at radius 1 is 1.04 bits per heavy atom. The van der Waals surface area contributed by atoms with E-state index in [1.165, 1.54) is 5.56 Å². The van der Waals surface area contributed by atoms with Gasteiger partial charge in [0, 0.05) is 20.9 Å². The van der Waals surface area contributed by atoms with Gasteiger partial charge >= 0.3 is 7.60 Å². The molecule has 25 heavy (non-hydrogen) atoms. The normalized spacial score (nSPS) is 12.4. The van der Waals surface area contributed by atoms with E-state index in [0.717, 1.165) is 20.7 Å². The zero-order valence-electron chi connectivity index (χ0n) is 14.4. The lowest BCUT2D eigenvalue weighted by atomic mass is 10.2. The first-order valence-corrected chi connectivity index (χ1v) is 11.5. The maximum absolute atomic E-state index is 12.9. The fraction of sp³-hybridized carbons (Fsp3) is 0.263. The predicted octanol–water partition coefficient (Wildman–Crippen LogP) is 6.95. The Morgan fingerprint density at radius 3 is 2.20 bits per heavy atom. The Kier molecular flexibility index (Phi) is 8.47. The SMILES string of the molecule is CCOP(=O)(/C=C(/SCc1ccccc1)c1ccc(Br)cc1)OCC. The van der Waals surface area contributed by atoms with Crippen molar-refractivity contribution in [2.75, 3.05) is 13.2 Å². The van der Waals surface area contributed by atoms with Crippen molar-refractivity contribution in [2.24, 2.45) is 0 Å². The minimum Gasteiger partial charge on any atom is -0.306 e. The predicted molar refractivity (Wildman–Crippen MR) is 111 cm³/mol. The lowest BCUT2D eigenvalue weighted by molar-refractivity contribution is 0.229. The number of hydrogen-bond donors (Lipinski definition) is 0. The van der Waals surface area contributed by atoms with Crippen molar-refractivity contribution in [3.8, 4) is 0 Å². The molecule has 2 aromatic rings. The second-order valence-electron chi connectivity index (χ2n) is 5.15. The van der Waals surface area contributed by atoms with Crippen LogP contribution in [0, 0.1) is 0 Å². The minimum absolute atomic E-state index is 0.338. The van der Waals surface area contributed by atoms with E-state index >= 15 is 0 Å². The highest BCUT2D eigenvalue weighted by atomic mass is 79.9. The molecule has 0 aromatic heterocycles. The average molecular weight is 441 g/mol. The van der Waals surface area contributed by atoms with Gasteiger partial charge in [-0.1, -0.05) is 58.4 Å². The third-order valence-corrected chi connectivity index (χ3v) is 6.92. The molecule has 0 unspecified atom stereocenters. The van der Waals surface area contributed by atoms with E-state index in [1.54, 1.807) is 17.6 Å². The number of hydrogen-bond acceptors (Lipinski definition) is 4. The molecule has 6 heteroatoms. The molecule has 0 fully saturated rings. The summed E-state index contributed by atoms with van der Waals surface area (Å²) in [7, 11) is -3.27. The van der Waals surface area contributed by atoms with Gasteiger partial charge in [0.05, 0.1) is 13.2 Å². The Hall–Kier alpha value is -0.840. The van der Waals surface area contributed by atoms with E-state index in [9.17, 15) is 4.57 Å². The van der Waals surface area contributed by atoms with Crippen molar-refractivity contribution in [2.45, 2.75) is 19.6 Å². The molecule has 0 saturated carbocycles. The summed E-state index contributed by atoms with van der Waals surface area (Å²) in [5.74, 6) is 2.43. The summed E-state index contributed by atoms with van der Waals surface area (Å²) in [4.78, 5) is 0.890. The van der Waals surface area contributed by atoms with Crippen LogP contribution >= 0.6 is 35.3 Å². The van der Waals surface area contributed by atoms with E-state index < -0.39 is 7.60 Å². The number of halogens is 1. The smallest absolute Gasteiger partial charge is 0.306 e. The van der Waals surface area contributed by atoms with Gasteiger partial charge < -0.3 is 9.05 Å². The highest BCUT2D eigenvalue weighted by Gasteiger charge is 2.22. The van der Waals surface area contributed by atoms with Gasteiger partial charge in [-0.2, -0.15) is 0 Å². The molecule has 0 heterocycles. The van der Waals surface area contributed by atoms with Gasteiger partial charge in [0.25, 0.3) is 0 Å². The van der Waals surface area contributed by atoms with Crippen molar-refractivity contribution in [1.29, 1.82) is 0 Å². The highest BCUT2D eigenvalue weighted by Crippen LogP contribution is 2.53. The van der Waals surface area contributed by atoms with Gasteiger partial charge in [0.15, 0.2) is 0 Å². The van der Waals surface area contributed by atoms with E-state index in [2.05, 4.69) is 28.1 Å². The van der Waals surface area contributed by atoms with Crippen molar-refractivity contribution in [3.63, 3.8) is 0 Å². The molecule has 0 aliphatic carbocycles. The van der Waals surface area contributed by atoms with Gasteiger partial charge in [-0.3, -0.25) is 4.57 Å². The Bertz CT molecular complexity index is 722. The average Bonchev–Trinajstić information content (AvgIpc) is 2.61. The third-order valence-electron chi connectivity index (χ3n) is 3.26. The largest absolute Gasteiger partial charge is 0.355 e. The maximum atomic E-state index is 12.9. The van der Waals surface area contributed by atoms with E-state index in [-0.39, 0.29) is 0 Å². The quantitative estimate of drug-likeness (QED) is 0.395. The lowest BCUT2D eigenvalue weighted by Gasteiger charge is -2.16. The van der Waals surface area contributed by atoms with Crippen molar-refractivity contribution < 1.29 is 13.6 Å². The molecule has 0 radical (unpaired) electrons. The molecule has 134 valence electrons. The molecule has 0 N–H and O–H groups in total. The molecule has 0 aliphatic heterocycles. The van der Waals surface area contributed by atoms with Crippen molar-refractivity contribution in [1.82, 2.24) is 0 Å². The van der Waals surface area contributed by atoms with Gasteiger partial charge in [0.1, 0.15) is 0 Å². The van der Waals surface area contributed by atoms with E-state index in [1.807, 2.05) is 56.3 Å². The molecule has 2 aromatic carbocycles. The highest BCUT2D eigenvalue weighted by molar-refractivity contribution is 9.10. The molecular weight excluding hydrogens is 419 g/mol. The van der Waals surface area contributed by atoms with Crippen LogP contribution in [0.2, 0.25) is 0 Å². The molecular formula is C19H22BrO3PS.